The van der Waals surface area contributed by atoms with Crippen LogP contribution >= 0.6 is 11.6 Å². The van der Waals surface area contributed by atoms with Crippen LogP contribution < -0.4 is 19.1 Å². The number of benzene rings is 2. The lowest BCUT2D eigenvalue weighted by Gasteiger charge is -2.33. The van der Waals surface area contributed by atoms with Crippen LogP contribution in [0, 0.1) is 0 Å². The van der Waals surface area contributed by atoms with Crippen LogP contribution in [0.3, 0.4) is 0 Å². The van der Waals surface area contributed by atoms with Crippen molar-refractivity contribution in [2.45, 2.75) is 45.8 Å². The molecule has 36 heavy (non-hydrogen) atoms. The fourth-order valence-electron chi connectivity index (χ4n) is 3.70. The number of anilines is 1. The summed E-state index contributed by atoms with van der Waals surface area (Å²) in [6.45, 7) is 4.92. The Balaban J connectivity index is 2.53. The van der Waals surface area contributed by atoms with Gasteiger partial charge in [0, 0.05) is 23.7 Å². The van der Waals surface area contributed by atoms with Crippen LogP contribution in [0.25, 0.3) is 0 Å². The molecular formula is C25H34ClN3O6S. The van der Waals surface area contributed by atoms with Gasteiger partial charge in [-0.05, 0) is 44.0 Å². The lowest BCUT2D eigenvalue weighted by molar-refractivity contribution is -0.140. The van der Waals surface area contributed by atoms with Gasteiger partial charge in [-0.15, -0.1) is 0 Å². The van der Waals surface area contributed by atoms with E-state index in [2.05, 4.69) is 5.32 Å². The monoisotopic (exact) mass is 539 g/mol. The molecular weight excluding hydrogens is 506 g/mol. The fraction of sp³-hybridized carbons (Fsp3) is 0.440. The van der Waals surface area contributed by atoms with E-state index in [0.717, 1.165) is 10.6 Å². The van der Waals surface area contributed by atoms with Gasteiger partial charge < -0.3 is 19.7 Å². The summed E-state index contributed by atoms with van der Waals surface area (Å²) in [4.78, 5) is 28.1. The number of nitrogens with zero attached hydrogens (tertiary/aromatic N) is 2. The number of methoxy groups -OCH3 is 2. The highest BCUT2D eigenvalue weighted by Gasteiger charge is 2.33. The number of carbonyl (C=O) groups excluding carboxylic acids is 2. The molecule has 0 aliphatic rings. The molecule has 11 heteroatoms. The van der Waals surface area contributed by atoms with Crippen LogP contribution in [0.2, 0.25) is 5.02 Å². The molecule has 2 amide bonds. The Morgan fingerprint density at radius 1 is 1.08 bits per heavy atom. The Morgan fingerprint density at radius 3 is 2.28 bits per heavy atom. The largest absolute Gasteiger partial charge is 0.497 e. The summed E-state index contributed by atoms with van der Waals surface area (Å²) in [5.74, 6) is -0.216. The maximum absolute atomic E-state index is 13.7. The van der Waals surface area contributed by atoms with E-state index in [-0.39, 0.29) is 29.9 Å². The molecule has 0 heterocycles. The van der Waals surface area contributed by atoms with Crippen molar-refractivity contribution in [2.24, 2.45) is 0 Å². The molecule has 0 saturated carbocycles. The first-order valence-corrected chi connectivity index (χ1v) is 13.7. The second kappa shape index (κ2) is 12.8. The van der Waals surface area contributed by atoms with Crippen molar-refractivity contribution < 1.29 is 27.5 Å². The predicted octanol–water partition coefficient (Wildman–Crippen LogP) is 3.46. The molecule has 198 valence electrons. The molecule has 0 aliphatic heterocycles. The van der Waals surface area contributed by atoms with Crippen LogP contribution in [0.4, 0.5) is 5.69 Å². The van der Waals surface area contributed by atoms with Crippen LogP contribution in [-0.2, 0) is 26.2 Å². The third-order valence-corrected chi connectivity index (χ3v) is 6.95. The predicted molar refractivity (Wildman–Crippen MR) is 141 cm³/mol. The molecule has 2 rings (SSSR count). The molecule has 2 aromatic carbocycles. The van der Waals surface area contributed by atoms with E-state index in [9.17, 15) is 18.0 Å². The smallest absolute Gasteiger partial charge is 0.244 e. The number of hydrogen-bond acceptors (Lipinski definition) is 6. The normalized spacial score (nSPS) is 12.1. The number of rotatable bonds is 12. The number of nitrogens with one attached hydrogen (secondary N) is 1. The lowest BCUT2D eigenvalue weighted by Crippen LogP contribution is -2.53. The Hall–Kier alpha value is -2.98. The van der Waals surface area contributed by atoms with Gasteiger partial charge >= 0.3 is 0 Å². The third-order valence-electron chi connectivity index (χ3n) is 5.45. The van der Waals surface area contributed by atoms with Crippen molar-refractivity contribution in [3.63, 3.8) is 0 Å². The molecule has 0 bridgehead atoms. The number of carbonyl (C=O) groups is 2. The highest BCUT2D eigenvalue weighted by molar-refractivity contribution is 7.92. The minimum atomic E-state index is -3.91. The van der Waals surface area contributed by atoms with Gasteiger partial charge in [-0.2, -0.15) is 0 Å². The summed E-state index contributed by atoms with van der Waals surface area (Å²) < 4.78 is 37.2. The van der Waals surface area contributed by atoms with Gasteiger partial charge in [0.2, 0.25) is 21.8 Å². The molecule has 0 aliphatic carbocycles. The maximum Gasteiger partial charge on any atom is 0.244 e. The Morgan fingerprint density at radius 2 is 1.75 bits per heavy atom. The summed E-state index contributed by atoms with van der Waals surface area (Å²) in [6, 6.07) is 10.6. The second-order valence-corrected chi connectivity index (χ2v) is 10.8. The molecule has 0 spiro atoms. The van der Waals surface area contributed by atoms with E-state index in [1.807, 2.05) is 13.8 Å². The first-order chi connectivity index (χ1) is 16.9. The molecule has 0 saturated heterocycles. The second-order valence-electron chi connectivity index (χ2n) is 8.51. The van der Waals surface area contributed by atoms with Gasteiger partial charge in [0.05, 0.1) is 26.2 Å². The summed E-state index contributed by atoms with van der Waals surface area (Å²) in [7, 11) is -1.04. The van der Waals surface area contributed by atoms with Gasteiger partial charge in [0.1, 0.15) is 24.1 Å². The van der Waals surface area contributed by atoms with Crippen molar-refractivity contribution in [3.05, 3.63) is 53.1 Å². The van der Waals surface area contributed by atoms with E-state index in [4.69, 9.17) is 21.1 Å². The van der Waals surface area contributed by atoms with E-state index in [1.165, 1.54) is 31.3 Å². The van der Waals surface area contributed by atoms with E-state index in [1.54, 1.807) is 37.3 Å². The molecule has 0 fully saturated rings. The topological polar surface area (TPSA) is 105 Å². The van der Waals surface area contributed by atoms with Gasteiger partial charge in [-0.3, -0.25) is 13.9 Å². The van der Waals surface area contributed by atoms with Crippen LogP contribution in [0.15, 0.2) is 42.5 Å². The molecule has 2 aromatic rings. The minimum absolute atomic E-state index is 0.0277. The zero-order valence-electron chi connectivity index (χ0n) is 21.4. The number of amides is 2. The molecule has 0 aromatic heterocycles. The minimum Gasteiger partial charge on any atom is -0.497 e. The van der Waals surface area contributed by atoms with Crippen molar-refractivity contribution in [1.82, 2.24) is 10.2 Å². The van der Waals surface area contributed by atoms with E-state index in [0.29, 0.717) is 22.8 Å². The highest BCUT2D eigenvalue weighted by Crippen LogP contribution is 2.34. The standard InChI is InChI=1S/C25H34ClN3O6S/c1-7-21(25(31)27-17(2)3)28(15-18-10-8-9-11-20(18)26)24(30)16-29(36(6,32)33)22-13-12-19(34-4)14-23(22)35-5/h8-14,17,21H,7,15-16H2,1-6H3,(H,27,31)/t21-/m1/s1. The molecule has 0 radical (unpaired) electrons. The van der Waals surface area contributed by atoms with Crippen LogP contribution in [-0.4, -0.2) is 64.2 Å². The maximum atomic E-state index is 13.7. The quantitative estimate of drug-likeness (QED) is 0.443. The fourth-order valence-corrected chi connectivity index (χ4v) is 4.74. The Bertz CT molecular complexity index is 1170. The van der Waals surface area contributed by atoms with Gasteiger partial charge in [0.25, 0.3) is 0 Å². The Labute approximate surface area is 218 Å². The average Bonchev–Trinajstić information content (AvgIpc) is 2.81. The average molecular weight is 540 g/mol. The lowest BCUT2D eigenvalue weighted by atomic mass is 10.1. The molecule has 0 unspecified atom stereocenters. The molecule has 1 N–H and O–H groups in total. The number of ether oxygens (including phenoxy) is 2. The third kappa shape index (κ3) is 7.51. The number of halogens is 1. The first kappa shape index (κ1) is 29.3. The number of hydrogen-bond donors (Lipinski definition) is 1. The summed E-state index contributed by atoms with van der Waals surface area (Å²) in [5.41, 5.74) is 0.808. The van der Waals surface area contributed by atoms with E-state index >= 15 is 0 Å². The van der Waals surface area contributed by atoms with Crippen molar-refractivity contribution in [2.75, 3.05) is 31.3 Å². The number of sulfonamides is 1. The van der Waals surface area contributed by atoms with E-state index < -0.39 is 28.5 Å². The van der Waals surface area contributed by atoms with Gasteiger partial charge in [0.15, 0.2) is 0 Å². The van der Waals surface area contributed by atoms with Crippen molar-refractivity contribution in [3.8, 4) is 11.5 Å². The molecule has 9 nitrogen and oxygen atoms in total. The van der Waals surface area contributed by atoms with Crippen LogP contribution in [0.1, 0.15) is 32.8 Å². The van der Waals surface area contributed by atoms with Crippen molar-refractivity contribution in [1.29, 1.82) is 0 Å². The van der Waals surface area contributed by atoms with Gasteiger partial charge in [-0.25, -0.2) is 8.42 Å². The Kier molecular flexibility index (Phi) is 10.4. The zero-order valence-corrected chi connectivity index (χ0v) is 23.0. The summed E-state index contributed by atoms with van der Waals surface area (Å²) in [5, 5.41) is 3.28. The zero-order chi connectivity index (χ0) is 27.0. The van der Waals surface area contributed by atoms with Gasteiger partial charge in [-0.1, -0.05) is 36.7 Å². The SMILES string of the molecule is CC[C@H](C(=O)NC(C)C)N(Cc1ccccc1Cl)C(=O)CN(c1ccc(OC)cc1OC)S(C)(=O)=O. The van der Waals surface area contributed by atoms with Crippen molar-refractivity contribution >= 4 is 39.1 Å². The first-order valence-electron chi connectivity index (χ1n) is 11.5. The van der Waals surface area contributed by atoms with Crippen LogP contribution in [0.5, 0.6) is 11.5 Å². The summed E-state index contributed by atoms with van der Waals surface area (Å²) >= 11 is 6.35. The highest BCUT2D eigenvalue weighted by atomic mass is 35.5. The molecule has 1 atom stereocenters. The summed E-state index contributed by atoms with van der Waals surface area (Å²) in [6.07, 6.45) is 1.32.